The summed E-state index contributed by atoms with van der Waals surface area (Å²) in [6.07, 6.45) is 8.75. The van der Waals surface area contributed by atoms with E-state index in [9.17, 15) is 0 Å². The van der Waals surface area contributed by atoms with Crippen LogP contribution in [-0.4, -0.2) is 24.5 Å². The molecule has 1 saturated carbocycles. The van der Waals surface area contributed by atoms with E-state index in [2.05, 4.69) is 25.8 Å². The molecule has 2 aliphatic rings. The van der Waals surface area contributed by atoms with Gasteiger partial charge >= 0.3 is 0 Å². The van der Waals surface area contributed by atoms with E-state index in [0.717, 1.165) is 12.0 Å². The summed E-state index contributed by atoms with van der Waals surface area (Å²) in [7, 11) is 2.34. The molecule has 1 heteroatoms. The van der Waals surface area contributed by atoms with Crippen LogP contribution in [0.2, 0.25) is 0 Å². The summed E-state index contributed by atoms with van der Waals surface area (Å²) in [5.74, 6) is 0.992. The van der Waals surface area contributed by atoms with Crippen molar-refractivity contribution in [3.8, 4) is 0 Å². The van der Waals surface area contributed by atoms with Crippen LogP contribution in [0.3, 0.4) is 0 Å². The molecule has 2 unspecified atom stereocenters. The average Bonchev–Trinajstić information content (AvgIpc) is 2.25. The Morgan fingerprint density at radius 3 is 2.57 bits per heavy atom. The first-order valence-electron chi connectivity index (χ1n) is 6.31. The summed E-state index contributed by atoms with van der Waals surface area (Å²) in [5, 5.41) is 0. The lowest BCUT2D eigenvalue weighted by Crippen LogP contribution is -2.50. The van der Waals surface area contributed by atoms with Crippen molar-refractivity contribution in [1.29, 1.82) is 0 Å². The van der Waals surface area contributed by atoms with Crippen LogP contribution in [0.1, 0.15) is 52.4 Å². The van der Waals surface area contributed by atoms with E-state index < -0.39 is 0 Å². The van der Waals surface area contributed by atoms with E-state index in [1.54, 1.807) is 0 Å². The number of piperidine rings is 1. The zero-order valence-electron chi connectivity index (χ0n) is 10.1. The number of hydrogen-bond donors (Lipinski definition) is 0. The van der Waals surface area contributed by atoms with Crippen LogP contribution in [0.5, 0.6) is 0 Å². The molecule has 14 heavy (non-hydrogen) atoms. The lowest BCUT2D eigenvalue weighted by atomic mass is 9.72. The number of fused-ring (bicyclic) bond motifs is 1. The standard InChI is InChI=1S/C13H25N/c1-13(2)9-5-4-7-11-8-6-10-14(3)12(11)13/h11-12H,4-10H2,1-3H3. The number of rotatable bonds is 0. The predicted octanol–water partition coefficient (Wildman–Crippen LogP) is 3.30. The first kappa shape index (κ1) is 10.5. The van der Waals surface area contributed by atoms with Crippen LogP contribution in [0, 0.1) is 11.3 Å². The summed E-state index contributed by atoms with van der Waals surface area (Å²) in [6.45, 7) is 6.29. The third-order valence-corrected chi connectivity index (χ3v) is 4.45. The van der Waals surface area contributed by atoms with Crippen molar-refractivity contribution in [2.45, 2.75) is 58.4 Å². The molecule has 1 saturated heterocycles. The second kappa shape index (κ2) is 3.84. The van der Waals surface area contributed by atoms with Crippen LogP contribution < -0.4 is 0 Å². The zero-order valence-corrected chi connectivity index (χ0v) is 10.1. The van der Waals surface area contributed by atoms with Crippen LogP contribution >= 0.6 is 0 Å². The summed E-state index contributed by atoms with van der Waals surface area (Å²) in [4.78, 5) is 2.64. The molecule has 0 aromatic rings. The topological polar surface area (TPSA) is 3.24 Å². The number of nitrogens with zero attached hydrogens (tertiary/aromatic N) is 1. The third-order valence-electron chi connectivity index (χ3n) is 4.45. The van der Waals surface area contributed by atoms with Crippen molar-refractivity contribution >= 4 is 0 Å². The first-order valence-corrected chi connectivity index (χ1v) is 6.31. The lowest BCUT2D eigenvalue weighted by molar-refractivity contribution is 0.0299. The highest BCUT2D eigenvalue weighted by Gasteiger charge is 2.41. The molecule has 0 amide bonds. The van der Waals surface area contributed by atoms with Crippen LogP contribution in [0.4, 0.5) is 0 Å². The summed E-state index contributed by atoms with van der Waals surface area (Å²) in [6, 6.07) is 0.860. The Kier molecular flexibility index (Phi) is 2.88. The van der Waals surface area contributed by atoms with Gasteiger partial charge in [-0.3, -0.25) is 0 Å². The Labute approximate surface area is 88.9 Å². The van der Waals surface area contributed by atoms with Gasteiger partial charge in [0.05, 0.1) is 0 Å². The molecule has 0 aromatic heterocycles. The van der Waals surface area contributed by atoms with Gasteiger partial charge < -0.3 is 4.90 Å². The van der Waals surface area contributed by atoms with Crippen molar-refractivity contribution in [3.05, 3.63) is 0 Å². The highest BCUT2D eigenvalue weighted by molar-refractivity contribution is 4.94. The Balaban J connectivity index is 2.19. The lowest BCUT2D eigenvalue weighted by Gasteiger charge is -2.47. The van der Waals surface area contributed by atoms with Gasteiger partial charge in [-0.1, -0.05) is 26.7 Å². The number of hydrogen-bond acceptors (Lipinski definition) is 1. The first-order chi connectivity index (χ1) is 6.61. The Bertz CT molecular complexity index is 197. The Hall–Kier alpha value is -0.0400. The SMILES string of the molecule is CN1CCCC2CCCCC(C)(C)C21. The molecular formula is C13H25N. The second-order valence-corrected chi connectivity index (χ2v) is 6.06. The summed E-state index contributed by atoms with van der Waals surface area (Å²) < 4.78 is 0. The molecule has 0 N–H and O–H groups in total. The third kappa shape index (κ3) is 1.84. The minimum absolute atomic E-state index is 0.552. The molecule has 1 nitrogen and oxygen atoms in total. The highest BCUT2D eigenvalue weighted by Crippen LogP contribution is 2.43. The van der Waals surface area contributed by atoms with Gasteiger partial charge in [0.1, 0.15) is 0 Å². The van der Waals surface area contributed by atoms with Crippen molar-refractivity contribution in [1.82, 2.24) is 4.90 Å². The molecule has 0 spiro atoms. The fourth-order valence-corrected chi connectivity index (χ4v) is 3.93. The predicted molar refractivity (Wildman–Crippen MR) is 61.4 cm³/mol. The maximum atomic E-state index is 2.64. The van der Waals surface area contributed by atoms with Gasteiger partial charge in [-0.15, -0.1) is 0 Å². The molecule has 0 bridgehead atoms. The highest BCUT2D eigenvalue weighted by atomic mass is 15.1. The molecule has 82 valence electrons. The molecule has 2 atom stereocenters. The van der Waals surface area contributed by atoms with Crippen molar-refractivity contribution in [2.75, 3.05) is 13.6 Å². The monoisotopic (exact) mass is 195 g/mol. The smallest absolute Gasteiger partial charge is 0.0172 e. The molecule has 1 heterocycles. The molecule has 1 aliphatic carbocycles. The van der Waals surface area contributed by atoms with Crippen LogP contribution in [-0.2, 0) is 0 Å². The van der Waals surface area contributed by atoms with Crippen LogP contribution in [0.25, 0.3) is 0 Å². The van der Waals surface area contributed by atoms with Gasteiger partial charge in [0, 0.05) is 6.04 Å². The Morgan fingerprint density at radius 1 is 1.07 bits per heavy atom. The number of likely N-dealkylation sites (tertiary alicyclic amines) is 1. The summed E-state index contributed by atoms with van der Waals surface area (Å²) in [5.41, 5.74) is 0.552. The maximum absolute atomic E-state index is 2.64. The van der Waals surface area contributed by atoms with Gasteiger partial charge in [0.15, 0.2) is 0 Å². The molecule has 1 aliphatic heterocycles. The minimum Gasteiger partial charge on any atom is -0.303 e. The van der Waals surface area contributed by atoms with E-state index >= 15 is 0 Å². The molecule has 2 fully saturated rings. The average molecular weight is 195 g/mol. The quantitative estimate of drug-likeness (QED) is 0.573. The van der Waals surface area contributed by atoms with Gasteiger partial charge in [0.25, 0.3) is 0 Å². The van der Waals surface area contributed by atoms with Crippen molar-refractivity contribution in [2.24, 2.45) is 11.3 Å². The molecular weight excluding hydrogens is 170 g/mol. The fraction of sp³-hybridized carbons (Fsp3) is 1.00. The van der Waals surface area contributed by atoms with E-state index in [1.165, 1.54) is 45.1 Å². The molecule has 0 radical (unpaired) electrons. The van der Waals surface area contributed by atoms with E-state index in [1.807, 2.05) is 0 Å². The van der Waals surface area contributed by atoms with Crippen molar-refractivity contribution in [3.63, 3.8) is 0 Å². The summed E-state index contributed by atoms with van der Waals surface area (Å²) >= 11 is 0. The second-order valence-electron chi connectivity index (χ2n) is 6.06. The van der Waals surface area contributed by atoms with E-state index in [4.69, 9.17) is 0 Å². The normalized spacial score (nSPS) is 38.8. The maximum Gasteiger partial charge on any atom is 0.0172 e. The van der Waals surface area contributed by atoms with Crippen molar-refractivity contribution < 1.29 is 0 Å². The van der Waals surface area contributed by atoms with Gasteiger partial charge in [-0.25, -0.2) is 0 Å². The zero-order chi connectivity index (χ0) is 10.2. The van der Waals surface area contributed by atoms with Gasteiger partial charge in [-0.05, 0) is 50.6 Å². The molecule has 0 aromatic carbocycles. The molecule has 2 rings (SSSR count). The van der Waals surface area contributed by atoms with Gasteiger partial charge in [0.2, 0.25) is 0 Å². The fourth-order valence-electron chi connectivity index (χ4n) is 3.93. The van der Waals surface area contributed by atoms with Crippen LogP contribution in [0.15, 0.2) is 0 Å². The minimum atomic E-state index is 0.552. The van der Waals surface area contributed by atoms with Gasteiger partial charge in [-0.2, -0.15) is 0 Å². The van der Waals surface area contributed by atoms with E-state index in [0.29, 0.717) is 5.41 Å². The largest absolute Gasteiger partial charge is 0.303 e. The Morgan fingerprint density at radius 2 is 1.79 bits per heavy atom. The van der Waals surface area contributed by atoms with E-state index in [-0.39, 0.29) is 0 Å².